The number of nitrogens with two attached hydrogens (primary N) is 1. The average molecular weight is 301 g/mol. The summed E-state index contributed by atoms with van der Waals surface area (Å²) in [5, 5.41) is 12.8. The smallest absolute Gasteiger partial charge is 0.240 e. The maximum atomic E-state index is 12.0. The molecule has 7 heteroatoms. The van der Waals surface area contributed by atoms with Crippen molar-refractivity contribution < 1.29 is 13.5 Å². The number of benzene rings is 1. The van der Waals surface area contributed by atoms with E-state index in [0.29, 0.717) is 17.9 Å². The third-order valence-electron chi connectivity index (χ3n) is 3.17. The number of aliphatic hydroxyl groups is 1. The van der Waals surface area contributed by atoms with E-state index >= 15 is 0 Å². The van der Waals surface area contributed by atoms with Gasteiger partial charge in [-0.3, -0.25) is 0 Å². The molecule has 0 aliphatic heterocycles. The van der Waals surface area contributed by atoms with Crippen LogP contribution in [0.25, 0.3) is 0 Å². The zero-order valence-electron chi connectivity index (χ0n) is 12.3. The number of sulfonamides is 1. The molecular weight excluding hydrogens is 278 g/mol. The minimum atomic E-state index is -3.53. The molecule has 0 amide bonds. The number of nitrogens with one attached hydrogen (secondary N) is 2. The molecule has 0 spiro atoms. The lowest BCUT2D eigenvalue weighted by Gasteiger charge is -2.31. The van der Waals surface area contributed by atoms with E-state index in [1.807, 2.05) is 13.8 Å². The highest BCUT2D eigenvalue weighted by molar-refractivity contribution is 7.89. The Labute approximate surface area is 120 Å². The van der Waals surface area contributed by atoms with Gasteiger partial charge in [0.2, 0.25) is 10.0 Å². The van der Waals surface area contributed by atoms with Crippen LogP contribution in [-0.4, -0.2) is 31.7 Å². The van der Waals surface area contributed by atoms with Crippen molar-refractivity contribution in [3.05, 3.63) is 18.2 Å². The lowest BCUT2D eigenvalue weighted by molar-refractivity contribution is 0.133. The number of anilines is 2. The summed E-state index contributed by atoms with van der Waals surface area (Å²) in [4.78, 5) is 0.137. The molecule has 1 unspecified atom stereocenters. The van der Waals surface area contributed by atoms with Crippen molar-refractivity contribution >= 4 is 21.4 Å². The second kappa shape index (κ2) is 5.99. The molecule has 1 aromatic carbocycles. The second-order valence-corrected chi connectivity index (χ2v) is 7.04. The Morgan fingerprint density at radius 3 is 2.50 bits per heavy atom. The van der Waals surface area contributed by atoms with E-state index in [4.69, 9.17) is 5.73 Å². The van der Waals surface area contributed by atoms with Crippen molar-refractivity contribution in [3.63, 3.8) is 0 Å². The van der Waals surface area contributed by atoms with Gasteiger partial charge in [0.25, 0.3) is 0 Å². The minimum absolute atomic E-state index is 0.137. The molecule has 1 aromatic rings. The van der Waals surface area contributed by atoms with Crippen molar-refractivity contribution in [2.24, 2.45) is 0 Å². The van der Waals surface area contributed by atoms with Crippen LogP contribution < -0.4 is 15.8 Å². The topological polar surface area (TPSA) is 104 Å². The molecule has 5 N–H and O–H groups in total. The summed E-state index contributed by atoms with van der Waals surface area (Å²) in [5.74, 6) is 0. The van der Waals surface area contributed by atoms with Gasteiger partial charge < -0.3 is 16.2 Å². The predicted octanol–water partition coefficient (Wildman–Crippen LogP) is 1.14. The summed E-state index contributed by atoms with van der Waals surface area (Å²) in [7, 11) is -3.53. The van der Waals surface area contributed by atoms with Crippen LogP contribution in [0, 0.1) is 0 Å². The fourth-order valence-electron chi connectivity index (χ4n) is 1.54. The maximum Gasteiger partial charge on any atom is 0.240 e. The molecule has 114 valence electrons. The molecule has 1 rings (SSSR count). The van der Waals surface area contributed by atoms with Crippen LogP contribution in [0.5, 0.6) is 0 Å². The third-order valence-corrected chi connectivity index (χ3v) is 4.71. The highest BCUT2D eigenvalue weighted by Crippen LogP contribution is 2.27. The van der Waals surface area contributed by atoms with Crippen molar-refractivity contribution in [2.45, 2.75) is 44.2 Å². The van der Waals surface area contributed by atoms with Crippen molar-refractivity contribution in [2.75, 3.05) is 17.6 Å². The highest BCUT2D eigenvalue weighted by Gasteiger charge is 2.25. The molecule has 0 saturated heterocycles. The molecule has 1 atom stereocenters. The molecule has 0 bridgehead atoms. The average Bonchev–Trinajstić information content (AvgIpc) is 2.31. The zero-order valence-corrected chi connectivity index (χ0v) is 13.1. The molecule has 20 heavy (non-hydrogen) atoms. The van der Waals surface area contributed by atoms with Gasteiger partial charge in [-0.2, -0.15) is 0 Å². The Morgan fingerprint density at radius 1 is 1.40 bits per heavy atom. The Bertz CT molecular complexity index is 568. The summed E-state index contributed by atoms with van der Waals surface area (Å²) in [6, 6.07) is 4.45. The van der Waals surface area contributed by atoms with Crippen molar-refractivity contribution in [1.82, 2.24) is 4.72 Å². The lowest BCUT2D eigenvalue weighted by atomic mass is 9.98. The summed E-state index contributed by atoms with van der Waals surface area (Å²) in [6.07, 6.45) is -0.629. The van der Waals surface area contributed by atoms with Gasteiger partial charge in [-0.05, 0) is 39.0 Å². The normalized spacial score (nSPS) is 14.1. The Balaban J connectivity index is 3.17. The SMILES string of the molecule is CCNS(=O)(=O)c1ccc(N)c(NC(C)(C)C(C)O)c1. The van der Waals surface area contributed by atoms with Crippen LogP contribution >= 0.6 is 0 Å². The van der Waals surface area contributed by atoms with E-state index in [-0.39, 0.29) is 4.90 Å². The molecule has 0 aliphatic rings. The number of aliphatic hydroxyl groups excluding tert-OH is 1. The standard InChI is InChI=1S/C13H23N3O3S/c1-5-15-20(18,19)10-6-7-11(14)12(8-10)16-13(3,4)9(2)17/h6-9,15-17H,5,14H2,1-4H3. The van der Waals surface area contributed by atoms with Gasteiger partial charge in [0.05, 0.1) is 27.9 Å². The monoisotopic (exact) mass is 301 g/mol. The fourth-order valence-corrected chi connectivity index (χ4v) is 2.60. The second-order valence-electron chi connectivity index (χ2n) is 5.27. The van der Waals surface area contributed by atoms with Gasteiger partial charge in [-0.1, -0.05) is 6.92 Å². The zero-order chi connectivity index (χ0) is 15.6. The van der Waals surface area contributed by atoms with Crippen molar-refractivity contribution in [1.29, 1.82) is 0 Å². The first-order valence-electron chi connectivity index (χ1n) is 6.45. The molecule has 0 heterocycles. The molecular formula is C13H23N3O3S. The first-order valence-corrected chi connectivity index (χ1v) is 7.94. The molecule has 0 aliphatic carbocycles. The Hall–Kier alpha value is -1.31. The first kappa shape index (κ1) is 16.7. The van der Waals surface area contributed by atoms with Crippen LogP contribution in [0.1, 0.15) is 27.7 Å². The van der Waals surface area contributed by atoms with E-state index in [1.165, 1.54) is 18.2 Å². The van der Waals surface area contributed by atoms with E-state index < -0.39 is 21.7 Å². The number of hydrogen-bond acceptors (Lipinski definition) is 5. The van der Waals surface area contributed by atoms with Crippen LogP contribution in [0.3, 0.4) is 0 Å². The molecule has 0 aromatic heterocycles. The van der Waals surface area contributed by atoms with Gasteiger partial charge in [-0.25, -0.2) is 13.1 Å². The van der Waals surface area contributed by atoms with Crippen LogP contribution in [-0.2, 0) is 10.0 Å². The fraction of sp³-hybridized carbons (Fsp3) is 0.538. The van der Waals surface area contributed by atoms with Gasteiger partial charge >= 0.3 is 0 Å². The maximum absolute atomic E-state index is 12.0. The van der Waals surface area contributed by atoms with Gasteiger partial charge in [0, 0.05) is 6.54 Å². The van der Waals surface area contributed by atoms with Gasteiger partial charge in [0.1, 0.15) is 0 Å². The summed E-state index contributed by atoms with van der Waals surface area (Å²) >= 11 is 0. The predicted molar refractivity (Wildman–Crippen MR) is 81.1 cm³/mol. The van der Waals surface area contributed by atoms with Crippen LogP contribution in [0.15, 0.2) is 23.1 Å². The minimum Gasteiger partial charge on any atom is -0.397 e. The largest absolute Gasteiger partial charge is 0.397 e. The first-order chi connectivity index (χ1) is 9.10. The number of rotatable bonds is 6. The van der Waals surface area contributed by atoms with Gasteiger partial charge in [0.15, 0.2) is 0 Å². The Morgan fingerprint density at radius 2 is 2.00 bits per heavy atom. The summed E-state index contributed by atoms with van der Waals surface area (Å²) in [6.45, 7) is 7.30. The molecule has 0 radical (unpaired) electrons. The lowest BCUT2D eigenvalue weighted by Crippen LogP contribution is -2.42. The summed E-state index contributed by atoms with van der Waals surface area (Å²) < 4.78 is 26.4. The van der Waals surface area contributed by atoms with E-state index in [1.54, 1.807) is 13.8 Å². The van der Waals surface area contributed by atoms with Crippen molar-refractivity contribution in [3.8, 4) is 0 Å². The Kier molecular flexibility index (Phi) is 5.01. The summed E-state index contributed by atoms with van der Waals surface area (Å²) in [5.41, 5.74) is 6.13. The van der Waals surface area contributed by atoms with E-state index in [9.17, 15) is 13.5 Å². The van der Waals surface area contributed by atoms with E-state index in [2.05, 4.69) is 10.0 Å². The van der Waals surface area contributed by atoms with E-state index in [0.717, 1.165) is 0 Å². The number of nitrogen functional groups attached to an aromatic ring is 1. The highest BCUT2D eigenvalue weighted by atomic mass is 32.2. The quantitative estimate of drug-likeness (QED) is 0.590. The molecule has 6 nitrogen and oxygen atoms in total. The van der Waals surface area contributed by atoms with Gasteiger partial charge in [-0.15, -0.1) is 0 Å². The van der Waals surface area contributed by atoms with Crippen LogP contribution in [0.2, 0.25) is 0 Å². The molecule has 0 fully saturated rings. The third kappa shape index (κ3) is 3.84. The molecule has 0 saturated carbocycles. The van der Waals surface area contributed by atoms with Crippen LogP contribution in [0.4, 0.5) is 11.4 Å². The number of hydrogen-bond donors (Lipinski definition) is 4.